The largest absolute Gasteiger partial charge is 0.487 e. The molecule has 0 unspecified atom stereocenters. The Bertz CT molecular complexity index is 305. The molecule has 0 fully saturated rings. The topological polar surface area (TPSA) is 52.4 Å². The van der Waals surface area contributed by atoms with Gasteiger partial charge in [0.25, 0.3) is 0 Å². The van der Waals surface area contributed by atoms with Gasteiger partial charge in [-0.25, -0.2) is 0 Å². The molecule has 0 N–H and O–H groups in total. The zero-order valence-corrected chi connectivity index (χ0v) is 7.21. The molecule has 64 valence electrons. The maximum absolute atomic E-state index is 9.94. The van der Waals surface area contributed by atoms with Crippen molar-refractivity contribution in [3.63, 3.8) is 0 Å². The number of thiophene rings is 1. The van der Waals surface area contributed by atoms with Crippen LogP contribution in [0, 0.1) is 10.1 Å². The summed E-state index contributed by atoms with van der Waals surface area (Å²) in [7, 11) is 1.56. The van der Waals surface area contributed by atoms with Crippen molar-refractivity contribution < 1.29 is 9.66 Å². The summed E-state index contributed by atoms with van der Waals surface area (Å²) in [6.07, 6.45) is 2.33. The number of nitro groups is 1. The third-order valence-electron chi connectivity index (χ3n) is 1.19. The van der Waals surface area contributed by atoms with E-state index in [4.69, 9.17) is 4.74 Å². The highest BCUT2D eigenvalue weighted by Crippen LogP contribution is 2.22. The Balaban J connectivity index is 2.70. The van der Waals surface area contributed by atoms with E-state index in [1.807, 2.05) is 0 Å². The molecule has 0 aliphatic heterocycles. The minimum atomic E-state index is -0.496. The first-order valence-corrected chi connectivity index (χ1v) is 4.04. The summed E-state index contributed by atoms with van der Waals surface area (Å²) in [5.74, 6) is 0. The van der Waals surface area contributed by atoms with E-state index in [0.29, 0.717) is 0 Å². The Hall–Kier alpha value is -1.36. The van der Waals surface area contributed by atoms with Crippen molar-refractivity contribution in [3.05, 3.63) is 33.3 Å². The molecule has 1 aromatic heterocycles. The molecule has 0 aromatic carbocycles. The minimum Gasteiger partial charge on any atom is -0.487 e. The summed E-state index contributed by atoms with van der Waals surface area (Å²) in [5, 5.41) is 12.5. The lowest BCUT2D eigenvalue weighted by Crippen LogP contribution is -1.81. The van der Waals surface area contributed by atoms with Crippen LogP contribution >= 0.6 is 11.3 Å². The van der Waals surface area contributed by atoms with Crippen LogP contribution < -0.4 is 4.74 Å². The molecule has 0 saturated heterocycles. The van der Waals surface area contributed by atoms with E-state index in [-0.39, 0.29) is 0 Å². The van der Waals surface area contributed by atoms with Gasteiger partial charge in [-0.2, -0.15) is 0 Å². The third-order valence-corrected chi connectivity index (χ3v) is 2.09. The second kappa shape index (κ2) is 3.87. The number of nitrogens with zero attached hydrogens (tertiary/aromatic N) is 1. The van der Waals surface area contributed by atoms with Gasteiger partial charge in [0.1, 0.15) is 0 Å². The van der Waals surface area contributed by atoms with E-state index in [2.05, 4.69) is 0 Å². The fraction of sp³-hybridized carbons (Fsp3) is 0.143. The van der Waals surface area contributed by atoms with Crippen molar-refractivity contribution in [1.82, 2.24) is 0 Å². The summed E-state index contributed by atoms with van der Waals surface area (Å²) in [4.78, 5) is 9.44. The highest BCUT2D eigenvalue weighted by Gasteiger charge is 1.96. The predicted octanol–water partition coefficient (Wildman–Crippen LogP) is 2.00. The molecule has 0 aliphatic rings. The van der Waals surface area contributed by atoms with Gasteiger partial charge < -0.3 is 4.74 Å². The van der Waals surface area contributed by atoms with Gasteiger partial charge in [0.05, 0.1) is 12.0 Å². The molecular weight excluding hydrogens is 178 g/mol. The SMILES string of the molecule is COc1cc(/C=C/[N+](=O)[O-])cs1. The van der Waals surface area contributed by atoms with E-state index >= 15 is 0 Å². The Morgan fingerprint density at radius 2 is 2.50 bits per heavy atom. The van der Waals surface area contributed by atoms with Crippen molar-refractivity contribution in [2.24, 2.45) is 0 Å². The van der Waals surface area contributed by atoms with E-state index < -0.39 is 4.92 Å². The first-order valence-electron chi connectivity index (χ1n) is 3.16. The molecule has 5 heteroatoms. The molecule has 0 amide bonds. The van der Waals surface area contributed by atoms with E-state index in [1.165, 1.54) is 17.4 Å². The number of rotatable bonds is 3. The number of hydrogen-bond donors (Lipinski definition) is 0. The number of hydrogen-bond acceptors (Lipinski definition) is 4. The molecule has 1 heterocycles. The van der Waals surface area contributed by atoms with Crippen LogP contribution in [0.4, 0.5) is 0 Å². The first kappa shape index (κ1) is 8.73. The van der Waals surface area contributed by atoms with E-state index in [9.17, 15) is 10.1 Å². The molecule has 0 atom stereocenters. The summed E-state index contributed by atoms with van der Waals surface area (Å²) in [6, 6.07) is 1.74. The van der Waals surface area contributed by atoms with Crippen LogP contribution in [-0.2, 0) is 0 Å². The number of methoxy groups -OCH3 is 1. The van der Waals surface area contributed by atoms with Gasteiger partial charge in [-0.05, 0) is 11.6 Å². The lowest BCUT2D eigenvalue weighted by Gasteiger charge is -1.87. The zero-order chi connectivity index (χ0) is 8.97. The van der Waals surface area contributed by atoms with Crippen molar-refractivity contribution >= 4 is 17.4 Å². The zero-order valence-electron chi connectivity index (χ0n) is 6.39. The summed E-state index contributed by atoms with van der Waals surface area (Å²) in [6.45, 7) is 0. The van der Waals surface area contributed by atoms with Gasteiger partial charge in [-0.3, -0.25) is 10.1 Å². The second-order valence-electron chi connectivity index (χ2n) is 2.00. The van der Waals surface area contributed by atoms with Crippen LogP contribution in [0.5, 0.6) is 5.06 Å². The summed E-state index contributed by atoms with van der Waals surface area (Å²) < 4.78 is 4.92. The Labute approximate surface area is 73.2 Å². The van der Waals surface area contributed by atoms with Gasteiger partial charge in [-0.1, -0.05) is 0 Å². The highest BCUT2D eigenvalue weighted by molar-refractivity contribution is 7.12. The maximum Gasteiger partial charge on any atom is 0.235 e. The average Bonchev–Trinajstić information content (AvgIpc) is 2.48. The Morgan fingerprint density at radius 1 is 1.75 bits per heavy atom. The van der Waals surface area contributed by atoms with Gasteiger partial charge >= 0.3 is 0 Å². The molecule has 0 bridgehead atoms. The average molecular weight is 185 g/mol. The van der Waals surface area contributed by atoms with E-state index in [1.54, 1.807) is 18.6 Å². The molecule has 0 aliphatic carbocycles. The first-order chi connectivity index (χ1) is 5.72. The van der Waals surface area contributed by atoms with Gasteiger partial charge in [0.15, 0.2) is 5.06 Å². The van der Waals surface area contributed by atoms with Gasteiger partial charge in [-0.15, -0.1) is 11.3 Å². The summed E-state index contributed by atoms with van der Waals surface area (Å²) in [5.41, 5.74) is 0.786. The standard InChI is InChI=1S/C7H7NO3S/c1-11-7-4-6(5-12-7)2-3-8(9)10/h2-5H,1H3/b3-2+. The molecule has 0 radical (unpaired) electrons. The van der Waals surface area contributed by atoms with Crippen LogP contribution in [0.25, 0.3) is 6.08 Å². The fourth-order valence-corrected chi connectivity index (χ4v) is 1.37. The predicted molar refractivity (Wildman–Crippen MR) is 46.9 cm³/mol. The molecule has 4 nitrogen and oxygen atoms in total. The Morgan fingerprint density at radius 3 is 3.00 bits per heavy atom. The van der Waals surface area contributed by atoms with E-state index in [0.717, 1.165) is 16.8 Å². The monoisotopic (exact) mass is 185 g/mol. The lowest BCUT2D eigenvalue weighted by atomic mass is 10.3. The third kappa shape index (κ3) is 2.35. The number of ether oxygens (including phenoxy) is 1. The van der Waals surface area contributed by atoms with Crippen LogP contribution in [0.15, 0.2) is 17.6 Å². The lowest BCUT2D eigenvalue weighted by molar-refractivity contribution is -0.400. The molecule has 12 heavy (non-hydrogen) atoms. The molecule has 1 rings (SSSR count). The Kier molecular flexibility index (Phi) is 2.82. The normalized spacial score (nSPS) is 10.4. The molecule has 0 saturated carbocycles. The van der Waals surface area contributed by atoms with Crippen molar-refractivity contribution in [2.45, 2.75) is 0 Å². The van der Waals surface area contributed by atoms with Crippen molar-refractivity contribution in [1.29, 1.82) is 0 Å². The molecule has 1 aromatic rings. The summed E-state index contributed by atoms with van der Waals surface area (Å²) >= 11 is 1.41. The second-order valence-corrected chi connectivity index (χ2v) is 2.88. The fourth-order valence-electron chi connectivity index (χ4n) is 0.672. The van der Waals surface area contributed by atoms with Crippen molar-refractivity contribution in [3.8, 4) is 5.06 Å². The van der Waals surface area contributed by atoms with Crippen LogP contribution in [0.2, 0.25) is 0 Å². The van der Waals surface area contributed by atoms with Crippen LogP contribution in [0.3, 0.4) is 0 Å². The quantitative estimate of drug-likeness (QED) is 0.534. The molecule has 0 spiro atoms. The molecular formula is C7H7NO3S. The maximum atomic E-state index is 9.94. The van der Waals surface area contributed by atoms with Crippen LogP contribution in [0.1, 0.15) is 5.56 Å². The van der Waals surface area contributed by atoms with Gasteiger partial charge in [0, 0.05) is 11.5 Å². The van der Waals surface area contributed by atoms with Crippen molar-refractivity contribution in [2.75, 3.05) is 7.11 Å². The smallest absolute Gasteiger partial charge is 0.235 e. The highest BCUT2D eigenvalue weighted by atomic mass is 32.1. The van der Waals surface area contributed by atoms with Crippen LogP contribution in [-0.4, -0.2) is 12.0 Å². The minimum absolute atomic E-state index is 0.496. The van der Waals surface area contributed by atoms with Gasteiger partial charge in [0.2, 0.25) is 6.20 Å².